The van der Waals surface area contributed by atoms with Crippen LogP contribution >= 0.6 is 0 Å². The molecule has 0 aromatic heterocycles. The SMILES string of the molecule is COc1cc(C)cc2c1C(=O)N([C@@H]1CCC(=O)NC1=O)C2. The van der Waals surface area contributed by atoms with Crippen molar-refractivity contribution in [1.29, 1.82) is 0 Å². The summed E-state index contributed by atoms with van der Waals surface area (Å²) < 4.78 is 5.29. The van der Waals surface area contributed by atoms with Crippen LogP contribution in [-0.4, -0.2) is 35.8 Å². The summed E-state index contributed by atoms with van der Waals surface area (Å²) in [5.41, 5.74) is 2.39. The predicted molar refractivity (Wildman–Crippen MR) is 73.8 cm³/mol. The fourth-order valence-electron chi connectivity index (χ4n) is 2.98. The van der Waals surface area contributed by atoms with Crippen molar-refractivity contribution in [3.8, 4) is 5.75 Å². The van der Waals surface area contributed by atoms with Crippen molar-refractivity contribution >= 4 is 17.7 Å². The molecule has 1 saturated heterocycles. The van der Waals surface area contributed by atoms with E-state index in [1.54, 1.807) is 0 Å². The van der Waals surface area contributed by atoms with Crippen LogP contribution in [0.25, 0.3) is 0 Å². The molecule has 1 N–H and O–H groups in total. The van der Waals surface area contributed by atoms with E-state index < -0.39 is 11.9 Å². The monoisotopic (exact) mass is 288 g/mol. The smallest absolute Gasteiger partial charge is 0.258 e. The van der Waals surface area contributed by atoms with E-state index in [4.69, 9.17) is 4.74 Å². The van der Waals surface area contributed by atoms with E-state index in [0.29, 0.717) is 24.3 Å². The van der Waals surface area contributed by atoms with Crippen molar-refractivity contribution < 1.29 is 19.1 Å². The lowest BCUT2D eigenvalue weighted by Gasteiger charge is -2.29. The average Bonchev–Trinajstić information content (AvgIpc) is 2.75. The first kappa shape index (κ1) is 13.6. The lowest BCUT2D eigenvalue weighted by Crippen LogP contribution is -2.52. The lowest BCUT2D eigenvalue weighted by molar-refractivity contribution is -0.136. The zero-order valence-electron chi connectivity index (χ0n) is 11.9. The van der Waals surface area contributed by atoms with Crippen LogP contribution in [0.4, 0.5) is 0 Å². The molecule has 0 radical (unpaired) electrons. The fraction of sp³-hybridized carbons (Fsp3) is 0.400. The van der Waals surface area contributed by atoms with Crippen molar-refractivity contribution in [3.63, 3.8) is 0 Å². The van der Waals surface area contributed by atoms with Crippen LogP contribution in [0.2, 0.25) is 0 Å². The third-order valence-corrected chi connectivity index (χ3v) is 3.95. The zero-order chi connectivity index (χ0) is 15.1. The second-order valence-corrected chi connectivity index (χ2v) is 5.40. The van der Waals surface area contributed by atoms with E-state index >= 15 is 0 Å². The maximum atomic E-state index is 12.6. The summed E-state index contributed by atoms with van der Waals surface area (Å²) in [5.74, 6) is -0.363. The van der Waals surface area contributed by atoms with Gasteiger partial charge in [0.25, 0.3) is 5.91 Å². The normalized spacial score (nSPS) is 21.3. The summed E-state index contributed by atoms with van der Waals surface area (Å²) >= 11 is 0. The molecule has 0 saturated carbocycles. The van der Waals surface area contributed by atoms with Crippen LogP contribution in [0.5, 0.6) is 5.75 Å². The molecule has 110 valence electrons. The van der Waals surface area contributed by atoms with E-state index in [1.807, 2.05) is 19.1 Å². The van der Waals surface area contributed by atoms with Gasteiger partial charge in [-0.15, -0.1) is 0 Å². The summed E-state index contributed by atoms with van der Waals surface area (Å²) in [6, 6.07) is 3.15. The van der Waals surface area contributed by atoms with Crippen molar-refractivity contribution in [3.05, 3.63) is 28.8 Å². The van der Waals surface area contributed by atoms with Crippen molar-refractivity contribution in [2.24, 2.45) is 0 Å². The fourth-order valence-corrected chi connectivity index (χ4v) is 2.98. The first-order valence-corrected chi connectivity index (χ1v) is 6.83. The number of benzene rings is 1. The third-order valence-electron chi connectivity index (χ3n) is 3.95. The van der Waals surface area contributed by atoms with Gasteiger partial charge in [-0.25, -0.2) is 0 Å². The Balaban J connectivity index is 1.94. The van der Waals surface area contributed by atoms with Crippen molar-refractivity contribution in [1.82, 2.24) is 10.2 Å². The summed E-state index contributed by atoms with van der Waals surface area (Å²) in [4.78, 5) is 37.3. The van der Waals surface area contributed by atoms with Gasteiger partial charge in [0.2, 0.25) is 11.8 Å². The number of amides is 3. The highest BCUT2D eigenvalue weighted by Gasteiger charge is 2.40. The van der Waals surface area contributed by atoms with E-state index in [9.17, 15) is 14.4 Å². The first-order valence-electron chi connectivity index (χ1n) is 6.83. The molecule has 2 aliphatic rings. The molecule has 0 aliphatic carbocycles. The highest BCUT2D eigenvalue weighted by Crippen LogP contribution is 2.34. The Morgan fingerprint density at radius 1 is 1.29 bits per heavy atom. The number of hydrogen-bond acceptors (Lipinski definition) is 4. The molecule has 1 aromatic carbocycles. The lowest BCUT2D eigenvalue weighted by atomic mass is 10.0. The van der Waals surface area contributed by atoms with Gasteiger partial charge in [-0.3, -0.25) is 19.7 Å². The van der Waals surface area contributed by atoms with Gasteiger partial charge in [-0.2, -0.15) is 0 Å². The number of piperidine rings is 1. The number of imide groups is 1. The Hall–Kier alpha value is -2.37. The molecule has 0 spiro atoms. The Bertz CT molecular complexity index is 653. The van der Waals surface area contributed by atoms with Gasteiger partial charge in [0.05, 0.1) is 12.7 Å². The molecule has 6 nitrogen and oxygen atoms in total. The van der Waals surface area contributed by atoms with Gasteiger partial charge in [-0.1, -0.05) is 6.07 Å². The molecule has 0 unspecified atom stereocenters. The van der Waals surface area contributed by atoms with Gasteiger partial charge in [0.15, 0.2) is 0 Å². The van der Waals surface area contributed by atoms with Crippen molar-refractivity contribution in [2.45, 2.75) is 32.4 Å². The van der Waals surface area contributed by atoms with Gasteiger partial charge >= 0.3 is 0 Å². The van der Waals surface area contributed by atoms with E-state index in [0.717, 1.165) is 11.1 Å². The van der Waals surface area contributed by atoms with E-state index in [-0.39, 0.29) is 18.2 Å². The average molecular weight is 288 g/mol. The molecule has 1 fully saturated rings. The summed E-state index contributed by atoms with van der Waals surface area (Å²) in [6.45, 7) is 2.31. The van der Waals surface area contributed by atoms with Gasteiger partial charge in [-0.05, 0) is 30.5 Å². The number of nitrogens with zero attached hydrogens (tertiary/aromatic N) is 1. The minimum absolute atomic E-state index is 0.212. The molecule has 1 aromatic rings. The van der Waals surface area contributed by atoms with Gasteiger partial charge in [0, 0.05) is 13.0 Å². The van der Waals surface area contributed by atoms with Crippen LogP contribution in [0.3, 0.4) is 0 Å². The quantitative estimate of drug-likeness (QED) is 0.815. The third kappa shape index (κ3) is 2.16. The van der Waals surface area contributed by atoms with E-state index in [1.165, 1.54) is 12.0 Å². The molecule has 3 rings (SSSR count). The van der Waals surface area contributed by atoms with Crippen LogP contribution in [0.15, 0.2) is 12.1 Å². The van der Waals surface area contributed by atoms with Gasteiger partial charge in [0.1, 0.15) is 11.8 Å². The molecular weight excluding hydrogens is 272 g/mol. The predicted octanol–water partition coefficient (Wildman–Crippen LogP) is 0.765. The van der Waals surface area contributed by atoms with Crippen LogP contribution < -0.4 is 10.1 Å². The van der Waals surface area contributed by atoms with Crippen LogP contribution in [0, 0.1) is 6.92 Å². The number of carbonyl (C=O) groups excluding carboxylic acids is 3. The first-order chi connectivity index (χ1) is 10.0. The summed E-state index contributed by atoms with van der Waals surface area (Å²) in [7, 11) is 1.52. The summed E-state index contributed by atoms with van der Waals surface area (Å²) in [6.07, 6.45) is 0.623. The molecule has 3 amide bonds. The highest BCUT2D eigenvalue weighted by atomic mass is 16.5. The number of hydrogen-bond donors (Lipinski definition) is 1. The molecule has 2 aliphatic heterocycles. The molecular formula is C15H16N2O4. The Morgan fingerprint density at radius 3 is 2.71 bits per heavy atom. The highest BCUT2D eigenvalue weighted by molar-refractivity contribution is 6.06. The molecule has 0 bridgehead atoms. The Kier molecular flexibility index (Phi) is 3.16. The Morgan fingerprint density at radius 2 is 2.05 bits per heavy atom. The number of nitrogens with one attached hydrogen (secondary N) is 1. The topological polar surface area (TPSA) is 75.7 Å². The zero-order valence-corrected chi connectivity index (χ0v) is 11.9. The Labute approximate surface area is 122 Å². The van der Waals surface area contributed by atoms with Crippen molar-refractivity contribution in [2.75, 3.05) is 7.11 Å². The number of methoxy groups -OCH3 is 1. The number of fused-ring (bicyclic) bond motifs is 1. The standard InChI is InChI=1S/C15H16N2O4/c1-8-5-9-7-17(10-3-4-12(18)16-14(10)19)15(20)13(9)11(6-8)21-2/h5-6,10H,3-4,7H2,1-2H3,(H,16,18,19)/t10-/m1/s1. The minimum Gasteiger partial charge on any atom is -0.496 e. The molecule has 21 heavy (non-hydrogen) atoms. The minimum atomic E-state index is -0.590. The second kappa shape index (κ2) is 4.87. The largest absolute Gasteiger partial charge is 0.496 e. The van der Waals surface area contributed by atoms with Crippen LogP contribution in [-0.2, 0) is 16.1 Å². The number of carbonyl (C=O) groups is 3. The maximum Gasteiger partial charge on any atom is 0.258 e. The number of rotatable bonds is 2. The van der Waals surface area contributed by atoms with Gasteiger partial charge < -0.3 is 9.64 Å². The second-order valence-electron chi connectivity index (χ2n) is 5.40. The maximum absolute atomic E-state index is 12.6. The van der Waals surface area contributed by atoms with E-state index in [2.05, 4.69) is 5.32 Å². The summed E-state index contributed by atoms with van der Waals surface area (Å²) in [5, 5.41) is 2.29. The number of ether oxygens (including phenoxy) is 1. The number of aryl methyl sites for hydroxylation is 1. The molecule has 2 heterocycles. The molecule has 1 atom stereocenters. The van der Waals surface area contributed by atoms with Crippen LogP contribution in [0.1, 0.15) is 34.3 Å². The molecule has 6 heteroatoms.